The molecule has 0 aliphatic heterocycles. The number of pyridine rings is 3. The van der Waals surface area contributed by atoms with Gasteiger partial charge in [0.1, 0.15) is 0 Å². The quantitative estimate of drug-likeness (QED) is 0.126. The summed E-state index contributed by atoms with van der Waals surface area (Å²) < 4.78 is 11.2. The fourth-order valence-corrected chi connectivity index (χ4v) is 14.6. The van der Waals surface area contributed by atoms with Gasteiger partial charge < -0.3 is 9.47 Å². The maximum Gasteiger partial charge on any atom is 0.305 e. The van der Waals surface area contributed by atoms with Crippen LogP contribution in [-0.4, -0.2) is 41.1 Å². The van der Waals surface area contributed by atoms with E-state index in [1.54, 1.807) is 0 Å². The highest BCUT2D eigenvalue weighted by Gasteiger charge is 2.59. The minimum atomic E-state index is -0.885. The Hall–Kier alpha value is -9.07. The second kappa shape index (κ2) is 17.0. The lowest BCUT2D eigenvalue weighted by molar-refractivity contribution is -0.141. The predicted molar refractivity (Wildman–Crippen MR) is 308 cm³/mol. The molecule has 9 aromatic carbocycles. The Morgan fingerprint density at radius 2 is 0.649 bits per heavy atom. The largest absolute Gasteiger partial charge is 0.469 e. The second-order valence-corrected chi connectivity index (χ2v) is 21.6. The van der Waals surface area contributed by atoms with E-state index in [1.165, 1.54) is 14.2 Å². The first-order valence-electron chi connectivity index (χ1n) is 26.7. The van der Waals surface area contributed by atoms with Crippen LogP contribution in [0.1, 0.15) is 71.9 Å². The van der Waals surface area contributed by atoms with Gasteiger partial charge in [0.15, 0.2) is 0 Å². The number of ether oxygens (including phenoxy) is 2. The molecule has 2 atom stereocenters. The zero-order chi connectivity index (χ0) is 51.6. The van der Waals surface area contributed by atoms with E-state index in [0.717, 1.165) is 132 Å². The number of nitrogens with zero attached hydrogens (tertiary/aromatic N) is 3. The average molecular weight is 998 g/mol. The van der Waals surface area contributed by atoms with Gasteiger partial charge in [-0.2, -0.15) is 0 Å². The summed E-state index contributed by atoms with van der Waals surface area (Å²) in [6.07, 6.45) is 2.26. The van der Waals surface area contributed by atoms with Gasteiger partial charge in [0.2, 0.25) is 0 Å². The summed E-state index contributed by atoms with van der Waals surface area (Å²) in [6, 6.07) is 72.1. The van der Waals surface area contributed by atoms with Crippen molar-refractivity contribution in [1.29, 1.82) is 0 Å². The molecule has 0 fully saturated rings. The van der Waals surface area contributed by atoms with Gasteiger partial charge in [0.05, 0.1) is 47.9 Å². The summed E-state index contributed by atoms with van der Waals surface area (Å²) in [7, 11) is 2.98. The first-order valence-corrected chi connectivity index (χ1v) is 26.7. The molecule has 0 spiro atoms. The number of aromatic nitrogens is 3. The molecule has 3 heterocycles. The molecule has 3 aromatic heterocycles. The van der Waals surface area contributed by atoms with Crippen LogP contribution in [0.2, 0.25) is 0 Å². The van der Waals surface area contributed by atoms with E-state index >= 15 is 0 Å². The highest BCUT2D eigenvalue weighted by atomic mass is 16.5. The number of fused-ring (bicyclic) bond motifs is 18. The Bertz CT molecular complexity index is 4320. The van der Waals surface area contributed by atoms with Crippen molar-refractivity contribution in [3.05, 3.63) is 234 Å². The molecule has 0 bridgehead atoms. The smallest absolute Gasteiger partial charge is 0.305 e. The number of esters is 2. The summed E-state index contributed by atoms with van der Waals surface area (Å²) in [4.78, 5) is 45.2. The molecule has 0 saturated heterocycles. The first kappa shape index (κ1) is 45.3. The third-order valence-corrected chi connectivity index (χ3v) is 17.9. The first-order chi connectivity index (χ1) is 37.8. The van der Waals surface area contributed by atoms with Crippen LogP contribution in [0.25, 0.3) is 98.8 Å². The molecule has 7 heteroatoms. The van der Waals surface area contributed by atoms with Crippen LogP contribution in [-0.2, 0) is 35.3 Å². The van der Waals surface area contributed by atoms with Crippen molar-refractivity contribution in [2.45, 2.75) is 54.8 Å². The molecule has 0 saturated carbocycles. The topological polar surface area (TPSA) is 91.3 Å². The summed E-state index contributed by atoms with van der Waals surface area (Å²) >= 11 is 0. The van der Waals surface area contributed by atoms with Crippen LogP contribution in [0.3, 0.4) is 0 Å². The molecule has 2 unspecified atom stereocenters. The lowest BCUT2D eigenvalue weighted by Crippen LogP contribution is -2.43. The van der Waals surface area contributed by atoms with Crippen LogP contribution in [0.4, 0.5) is 0 Å². The third kappa shape index (κ3) is 6.53. The zero-order valence-electron chi connectivity index (χ0n) is 42.8. The molecule has 3 aliphatic rings. The molecule has 370 valence electrons. The fraction of sp³-hybridized carbons (Fsp3) is 0.157. The van der Waals surface area contributed by atoms with E-state index < -0.39 is 16.2 Å². The summed E-state index contributed by atoms with van der Waals surface area (Å²) in [5.74, 6) is -0.543. The van der Waals surface area contributed by atoms with Crippen molar-refractivity contribution < 1.29 is 19.1 Å². The van der Waals surface area contributed by atoms with Crippen molar-refractivity contribution >= 4 is 77.0 Å². The maximum absolute atomic E-state index is 14.1. The summed E-state index contributed by atoms with van der Waals surface area (Å²) in [5, 5.41) is 9.83. The lowest BCUT2D eigenvalue weighted by Gasteiger charge is -2.47. The van der Waals surface area contributed by atoms with Gasteiger partial charge in [-0.1, -0.05) is 164 Å². The monoisotopic (exact) mass is 997 g/mol. The molecule has 0 amide bonds. The molecular formula is C70H51N3O4. The Balaban J connectivity index is 1.12. The number of carbonyl (C=O) groups excluding carboxylic acids is 2. The van der Waals surface area contributed by atoms with Crippen molar-refractivity contribution in [2.75, 3.05) is 14.2 Å². The summed E-state index contributed by atoms with van der Waals surface area (Å²) in [5.41, 5.74) is 13.0. The highest BCUT2D eigenvalue weighted by molar-refractivity contribution is 6.07. The van der Waals surface area contributed by atoms with Crippen LogP contribution in [0, 0.1) is 0 Å². The third-order valence-electron chi connectivity index (χ3n) is 17.9. The van der Waals surface area contributed by atoms with E-state index in [4.69, 9.17) is 24.4 Å². The minimum Gasteiger partial charge on any atom is -0.469 e. The molecule has 3 aliphatic carbocycles. The van der Waals surface area contributed by atoms with Crippen LogP contribution >= 0.6 is 0 Å². The van der Waals surface area contributed by atoms with Crippen molar-refractivity contribution in [2.24, 2.45) is 0 Å². The van der Waals surface area contributed by atoms with Gasteiger partial charge in [-0.3, -0.25) is 9.59 Å². The number of hydrogen-bond acceptors (Lipinski definition) is 7. The van der Waals surface area contributed by atoms with Gasteiger partial charge in [0, 0.05) is 61.9 Å². The lowest BCUT2D eigenvalue weighted by atomic mass is 9.54. The van der Waals surface area contributed by atoms with Crippen molar-refractivity contribution in [3.63, 3.8) is 0 Å². The van der Waals surface area contributed by atoms with E-state index in [-0.39, 0.29) is 24.8 Å². The molecule has 15 rings (SSSR count). The fourth-order valence-electron chi connectivity index (χ4n) is 14.6. The van der Waals surface area contributed by atoms with Gasteiger partial charge in [-0.05, 0) is 128 Å². The SMILES string of the molecule is COC(=O)CCC1(CC2(CC3(CCC(=O)OC)c4cc5ccccc5nc4-c4c3ccc3ccccc43)c3cc4ccccc4nc3-c3c2ccc2ccccc32)c2cc3ccccc3nc2-c2c1ccc1ccccc21. The average Bonchev–Trinajstić information content (AvgIpc) is 4.23. The molecule has 0 N–H and O–H groups in total. The van der Waals surface area contributed by atoms with Gasteiger partial charge >= 0.3 is 11.9 Å². The normalized spacial score (nSPS) is 18.6. The van der Waals surface area contributed by atoms with Crippen LogP contribution in [0.15, 0.2) is 200 Å². The number of methoxy groups -OCH3 is 2. The Morgan fingerprint density at radius 1 is 0.351 bits per heavy atom. The van der Waals surface area contributed by atoms with Gasteiger partial charge in [-0.25, -0.2) is 15.0 Å². The van der Waals surface area contributed by atoms with E-state index in [2.05, 4.69) is 200 Å². The van der Waals surface area contributed by atoms with Crippen LogP contribution in [0.5, 0.6) is 0 Å². The van der Waals surface area contributed by atoms with Gasteiger partial charge in [-0.15, -0.1) is 0 Å². The van der Waals surface area contributed by atoms with Gasteiger partial charge in [0.25, 0.3) is 0 Å². The zero-order valence-corrected chi connectivity index (χ0v) is 42.8. The maximum atomic E-state index is 14.1. The van der Waals surface area contributed by atoms with E-state index in [9.17, 15) is 9.59 Å². The number of hydrogen-bond donors (Lipinski definition) is 0. The molecule has 77 heavy (non-hydrogen) atoms. The van der Waals surface area contributed by atoms with E-state index in [1.807, 2.05) is 0 Å². The number of para-hydroxylation sites is 3. The molecular weight excluding hydrogens is 947 g/mol. The molecule has 12 aromatic rings. The number of rotatable bonds is 10. The highest BCUT2D eigenvalue weighted by Crippen LogP contribution is 2.68. The van der Waals surface area contributed by atoms with E-state index in [0.29, 0.717) is 25.7 Å². The second-order valence-electron chi connectivity index (χ2n) is 21.6. The van der Waals surface area contributed by atoms with Crippen molar-refractivity contribution in [3.8, 4) is 33.8 Å². The number of carbonyl (C=O) groups is 2. The summed E-state index contributed by atoms with van der Waals surface area (Å²) in [6.45, 7) is 0. The standard InChI is InChI=1S/C70H51N3O4/c1-76-60(74)33-35-68(51-30-27-42-15-3-9-21-48(42)62(51)65-54(68)37-45-18-6-12-24-57(45)71-65)40-70(53-32-29-44-17-5-11-23-50(44)64(53)67-56(70)39-47-20-8-14-26-59(47)73-67)41-69(36-34-61(75)77-2)52-31-28-43-16-4-10-22-49(43)63(52)66-55(69)38-46-19-7-13-25-58(46)72-66/h3-32,37-39H,33-36,40-41H2,1-2H3. The molecule has 0 radical (unpaired) electrons. The van der Waals surface area contributed by atoms with Crippen molar-refractivity contribution in [1.82, 2.24) is 15.0 Å². The molecule has 7 nitrogen and oxygen atoms in total. The Labute approximate surface area is 445 Å². The Morgan fingerprint density at radius 3 is 1.00 bits per heavy atom. The number of benzene rings is 9. The minimum absolute atomic E-state index is 0.166. The predicted octanol–water partition coefficient (Wildman–Crippen LogP) is 15.7. The Kier molecular flexibility index (Phi) is 9.99. The van der Waals surface area contributed by atoms with Crippen LogP contribution < -0.4 is 0 Å².